The number of carbonyl (C=O) groups excluding carboxylic acids is 1. The van der Waals surface area contributed by atoms with Gasteiger partial charge in [0.1, 0.15) is 12.4 Å². The Kier molecular flexibility index (Phi) is 4.65. The van der Waals surface area contributed by atoms with Crippen molar-refractivity contribution < 1.29 is 9.53 Å². The molecule has 1 aromatic rings. The minimum atomic E-state index is 0.186. The van der Waals surface area contributed by atoms with Gasteiger partial charge in [-0.3, -0.25) is 4.79 Å². The van der Waals surface area contributed by atoms with Gasteiger partial charge in [0.05, 0.1) is 0 Å². The predicted octanol–water partition coefficient (Wildman–Crippen LogP) is 4.18. The molecule has 2 rings (SSSR count). The Labute approximate surface area is 113 Å². The van der Waals surface area contributed by atoms with E-state index in [1.807, 2.05) is 19.1 Å². The number of halogens is 1. The van der Waals surface area contributed by atoms with Gasteiger partial charge in [-0.2, -0.15) is 0 Å². The average molecular weight is 267 g/mol. The lowest BCUT2D eigenvalue weighted by Crippen LogP contribution is -2.23. The van der Waals surface area contributed by atoms with Crippen LogP contribution < -0.4 is 4.74 Å². The van der Waals surface area contributed by atoms with Gasteiger partial charge in [-0.05, 0) is 43.5 Å². The van der Waals surface area contributed by atoms with Crippen LogP contribution in [0.25, 0.3) is 0 Å². The summed E-state index contributed by atoms with van der Waals surface area (Å²) in [6.07, 6.45) is 5.68. The minimum Gasteiger partial charge on any atom is -0.486 e. The van der Waals surface area contributed by atoms with Crippen LogP contribution in [-0.2, 0) is 4.79 Å². The Morgan fingerprint density at radius 2 is 2.06 bits per heavy atom. The van der Waals surface area contributed by atoms with E-state index in [4.69, 9.17) is 16.3 Å². The lowest BCUT2D eigenvalue weighted by molar-refractivity contribution is -0.125. The summed E-state index contributed by atoms with van der Waals surface area (Å²) in [5.74, 6) is 1.18. The molecule has 98 valence electrons. The SMILES string of the molecule is Cc1cc(OCC(=O)C2CCCCC2)ccc1Cl. The highest BCUT2D eigenvalue weighted by Crippen LogP contribution is 2.25. The quantitative estimate of drug-likeness (QED) is 0.817. The van der Waals surface area contributed by atoms with Crippen molar-refractivity contribution in [2.24, 2.45) is 5.92 Å². The highest BCUT2D eigenvalue weighted by molar-refractivity contribution is 6.31. The summed E-state index contributed by atoms with van der Waals surface area (Å²) in [4.78, 5) is 12.0. The normalized spacial score (nSPS) is 16.6. The zero-order valence-corrected chi connectivity index (χ0v) is 11.5. The van der Waals surface area contributed by atoms with Crippen LogP contribution in [0.5, 0.6) is 5.75 Å². The first-order valence-corrected chi connectivity index (χ1v) is 6.96. The molecule has 1 aromatic carbocycles. The van der Waals surface area contributed by atoms with Crippen LogP contribution in [0, 0.1) is 12.8 Å². The van der Waals surface area contributed by atoms with Gasteiger partial charge in [0.15, 0.2) is 5.78 Å². The Morgan fingerprint density at radius 3 is 2.72 bits per heavy atom. The van der Waals surface area contributed by atoms with Gasteiger partial charge in [-0.15, -0.1) is 0 Å². The minimum absolute atomic E-state index is 0.186. The molecular weight excluding hydrogens is 248 g/mol. The van der Waals surface area contributed by atoms with Crippen LogP contribution in [0.4, 0.5) is 0 Å². The van der Waals surface area contributed by atoms with Crippen molar-refractivity contribution in [2.75, 3.05) is 6.61 Å². The second kappa shape index (κ2) is 6.24. The van der Waals surface area contributed by atoms with Crippen LogP contribution in [0.1, 0.15) is 37.7 Å². The van der Waals surface area contributed by atoms with Crippen molar-refractivity contribution in [1.82, 2.24) is 0 Å². The van der Waals surface area contributed by atoms with E-state index in [1.54, 1.807) is 6.07 Å². The van der Waals surface area contributed by atoms with E-state index in [-0.39, 0.29) is 18.3 Å². The fourth-order valence-electron chi connectivity index (χ4n) is 2.40. The second-order valence-corrected chi connectivity index (χ2v) is 5.41. The van der Waals surface area contributed by atoms with Crippen LogP contribution in [-0.4, -0.2) is 12.4 Å². The number of hydrogen-bond acceptors (Lipinski definition) is 2. The van der Waals surface area contributed by atoms with Crippen molar-refractivity contribution in [3.8, 4) is 5.75 Å². The summed E-state index contributed by atoms with van der Waals surface area (Å²) in [5.41, 5.74) is 0.972. The maximum absolute atomic E-state index is 12.0. The third-order valence-corrected chi connectivity index (χ3v) is 4.00. The van der Waals surface area contributed by atoms with Crippen molar-refractivity contribution in [3.05, 3.63) is 28.8 Å². The average Bonchev–Trinajstić information content (AvgIpc) is 2.41. The van der Waals surface area contributed by atoms with Gasteiger partial charge in [0, 0.05) is 10.9 Å². The Balaban J connectivity index is 1.86. The molecule has 0 atom stereocenters. The van der Waals surface area contributed by atoms with Gasteiger partial charge in [0.2, 0.25) is 0 Å². The number of Topliss-reactive ketones (excluding diaryl/α,β-unsaturated/α-hetero) is 1. The third kappa shape index (κ3) is 3.49. The number of carbonyl (C=O) groups is 1. The molecule has 18 heavy (non-hydrogen) atoms. The van der Waals surface area contributed by atoms with Crippen LogP contribution in [0.15, 0.2) is 18.2 Å². The largest absolute Gasteiger partial charge is 0.486 e. The zero-order chi connectivity index (χ0) is 13.0. The van der Waals surface area contributed by atoms with E-state index in [1.165, 1.54) is 19.3 Å². The highest BCUT2D eigenvalue weighted by Gasteiger charge is 2.21. The molecule has 3 heteroatoms. The number of aryl methyl sites for hydroxylation is 1. The monoisotopic (exact) mass is 266 g/mol. The summed E-state index contributed by atoms with van der Waals surface area (Å²) in [7, 11) is 0. The second-order valence-electron chi connectivity index (χ2n) is 5.00. The summed E-state index contributed by atoms with van der Waals surface area (Å²) in [6, 6.07) is 5.48. The molecule has 0 unspecified atom stereocenters. The molecule has 0 heterocycles. The summed E-state index contributed by atoms with van der Waals surface area (Å²) in [6.45, 7) is 2.11. The molecule has 2 nitrogen and oxygen atoms in total. The van der Waals surface area contributed by atoms with Gasteiger partial charge in [-0.1, -0.05) is 30.9 Å². The Bertz CT molecular complexity index is 423. The lowest BCUT2D eigenvalue weighted by atomic mass is 9.86. The van der Waals surface area contributed by atoms with E-state index < -0.39 is 0 Å². The lowest BCUT2D eigenvalue weighted by Gasteiger charge is -2.20. The molecule has 0 aromatic heterocycles. The first kappa shape index (κ1) is 13.4. The molecule has 1 aliphatic rings. The molecule has 0 aliphatic heterocycles. The molecular formula is C15H19ClO2. The molecule has 1 aliphatic carbocycles. The molecule has 0 spiro atoms. The number of ether oxygens (including phenoxy) is 1. The van der Waals surface area contributed by atoms with E-state index >= 15 is 0 Å². The van der Waals surface area contributed by atoms with Crippen LogP contribution in [0.2, 0.25) is 5.02 Å². The molecule has 0 N–H and O–H groups in total. The first-order valence-electron chi connectivity index (χ1n) is 6.58. The van der Waals surface area contributed by atoms with Gasteiger partial charge in [0.25, 0.3) is 0 Å². The standard InChI is InChI=1S/C15H19ClO2/c1-11-9-13(7-8-14(11)16)18-10-15(17)12-5-3-2-4-6-12/h7-9,12H,2-6,10H2,1H3. The van der Waals surface area contributed by atoms with Gasteiger partial charge >= 0.3 is 0 Å². The molecule has 0 bridgehead atoms. The zero-order valence-electron chi connectivity index (χ0n) is 10.7. The van der Waals surface area contributed by atoms with E-state index in [9.17, 15) is 4.79 Å². The van der Waals surface area contributed by atoms with E-state index in [0.717, 1.165) is 29.2 Å². The highest BCUT2D eigenvalue weighted by atomic mass is 35.5. The first-order chi connectivity index (χ1) is 8.66. The fraction of sp³-hybridized carbons (Fsp3) is 0.533. The smallest absolute Gasteiger partial charge is 0.173 e. The molecule has 0 saturated heterocycles. The molecule has 1 saturated carbocycles. The van der Waals surface area contributed by atoms with E-state index in [2.05, 4.69) is 0 Å². The van der Waals surface area contributed by atoms with Crippen molar-refractivity contribution in [2.45, 2.75) is 39.0 Å². The fourth-order valence-corrected chi connectivity index (χ4v) is 2.52. The number of benzene rings is 1. The number of rotatable bonds is 4. The van der Waals surface area contributed by atoms with Crippen molar-refractivity contribution in [3.63, 3.8) is 0 Å². The number of ketones is 1. The van der Waals surface area contributed by atoms with Crippen LogP contribution >= 0.6 is 11.6 Å². The topological polar surface area (TPSA) is 26.3 Å². The Morgan fingerprint density at radius 1 is 1.33 bits per heavy atom. The van der Waals surface area contributed by atoms with Crippen molar-refractivity contribution in [1.29, 1.82) is 0 Å². The molecule has 0 amide bonds. The Hall–Kier alpha value is -1.02. The van der Waals surface area contributed by atoms with Gasteiger partial charge in [-0.25, -0.2) is 0 Å². The molecule has 0 radical (unpaired) electrons. The summed E-state index contributed by atoms with van der Waals surface area (Å²) in [5, 5.41) is 0.723. The third-order valence-electron chi connectivity index (χ3n) is 3.57. The summed E-state index contributed by atoms with van der Waals surface area (Å²) >= 11 is 5.94. The maximum atomic E-state index is 12.0. The maximum Gasteiger partial charge on any atom is 0.173 e. The van der Waals surface area contributed by atoms with Crippen LogP contribution in [0.3, 0.4) is 0 Å². The van der Waals surface area contributed by atoms with Crippen molar-refractivity contribution >= 4 is 17.4 Å². The van der Waals surface area contributed by atoms with E-state index in [0.29, 0.717) is 0 Å². The van der Waals surface area contributed by atoms with Gasteiger partial charge < -0.3 is 4.74 Å². The number of hydrogen-bond donors (Lipinski definition) is 0. The molecule has 1 fully saturated rings. The summed E-state index contributed by atoms with van der Waals surface area (Å²) < 4.78 is 5.55. The predicted molar refractivity (Wildman–Crippen MR) is 73.3 cm³/mol.